The zero-order chi connectivity index (χ0) is 9.73. The molecule has 1 aromatic rings. The fraction of sp³-hybridized carbons (Fsp3) is 0.286. The van der Waals surface area contributed by atoms with Crippen molar-refractivity contribution in [1.29, 1.82) is 0 Å². The second kappa shape index (κ2) is 6.81. The van der Waals surface area contributed by atoms with Crippen molar-refractivity contribution >= 4 is 21.8 Å². The summed E-state index contributed by atoms with van der Waals surface area (Å²) in [6.07, 6.45) is 3.22. The molecule has 1 rings (SSSR count). The van der Waals surface area contributed by atoms with Gasteiger partial charge >= 0.3 is 29.6 Å². The van der Waals surface area contributed by atoms with E-state index < -0.39 is 10.0 Å². The Hall–Kier alpha value is 0.410. The molecule has 0 unspecified atom stereocenters. The average molecular weight is 240 g/mol. The van der Waals surface area contributed by atoms with Crippen LogP contribution in [0.2, 0.25) is 0 Å². The third-order valence-electron chi connectivity index (χ3n) is 1.25. The summed E-state index contributed by atoms with van der Waals surface area (Å²) < 4.78 is 26.2. The summed E-state index contributed by atoms with van der Waals surface area (Å²) in [4.78, 5) is 3.71. The number of aromatic nitrogens is 1. The van der Waals surface area contributed by atoms with Gasteiger partial charge in [0.25, 0.3) is 0 Å². The summed E-state index contributed by atoms with van der Waals surface area (Å²) in [6, 6.07) is 4.71. The number of rotatable bonds is 4. The van der Waals surface area contributed by atoms with Gasteiger partial charge in [-0.05, 0) is 18.4 Å². The van der Waals surface area contributed by atoms with E-state index in [0.29, 0.717) is 0 Å². The molecule has 0 aromatic carbocycles. The molecule has 0 saturated heterocycles. The number of hydrogen-bond acceptors (Lipinski definition) is 4. The predicted molar refractivity (Wildman–Crippen MR) is 53.2 cm³/mol. The minimum absolute atomic E-state index is 0. The van der Waals surface area contributed by atoms with E-state index in [0.717, 1.165) is 0 Å². The molecule has 4 nitrogen and oxygen atoms in total. The summed E-state index contributed by atoms with van der Waals surface area (Å²) >= 11 is 1.35. The molecule has 0 aliphatic heterocycles. The van der Waals surface area contributed by atoms with E-state index in [1.54, 1.807) is 18.4 Å². The van der Waals surface area contributed by atoms with Crippen LogP contribution < -0.4 is 29.6 Å². The van der Waals surface area contributed by atoms with Crippen molar-refractivity contribution in [2.45, 2.75) is 5.03 Å². The van der Waals surface area contributed by atoms with Crippen LogP contribution in [0.1, 0.15) is 0 Å². The van der Waals surface area contributed by atoms with Crippen LogP contribution in [0, 0.1) is 0 Å². The first kappa shape index (κ1) is 14.4. The molecule has 0 fully saturated rings. The predicted octanol–water partition coefficient (Wildman–Crippen LogP) is -1.53. The van der Waals surface area contributed by atoms with E-state index in [1.165, 1.54) is 24.0 Å². The third-order valence-corrected chi connectivity index (χ3v) is 3.04. The van der Waals surface area contributed by atoms with Gasteiger partial charge < -0.3 is 4.72 Å². The van der Waals surface area contributed by atoms with Gasteiger partial charge in [0.1, 0.15) is 15.0 Å². The fourth-order valence-corrected chi connectivity index (χ4v) is 2.24. The molecule has 1 aromatic heterocycles. The van der Waals surface area contributed by atoms with Gasteiger partial charge in [0.05, 0.1) is 0 Å². The van der Waals surface area contributed by atoms with Crippen molar-refractivity contribution in [2.75, 3.05) is 12.1 Å². The summed E-state index contributed by atoms with van der Waals surface area (Å²) in [6.45, 7) is 0. The van der Waals surface area contributed by atoms with Crippen molar-refractivity contribution in [1.82, 2.24) is 4.98 Å². The summed E-state index contributed by atoms with van der Waals surface area (Å²) in [7, 11) is -3.53. The average Bonchev–Trinajstić information content (AvgIpc) is 2.16. The Balaban J connectivity index is 0.00000169. The summed E-state index contributed by atoms with van der Waals surface area (Å²) in [5.74, 6) is 0.235. The van der Waals surface area contributed by atoms with Crippen LogP contribution in [0.25, 0.3) is 4.72 Å². The van der Waals surface area contributed by atoms with Crippen LogP contribution in [0.4, 0.5) is 0 Å². The molecule has 0 bridgehead atoms. The molecule has 0 saturated carbocycles. The molecule has 0 atom stereocenters. The Morgan fingerprint density at radius 2 is 2.21 bits per heavy atom. The van der Waals surface area contributed by atoms with E-state index in [-0.39, 0.29) is 40.5 Å². The molecule has 7 heteroatoms. The second-order valence-corrected chi connectivity index (χ2v) is 4.65. The second-order valence-electron chi connectivity index (χ2n) is 2.19. The first-order valence-electron chi connectivity index (χ1n) is 3.50. The Morgan fingerprint density at radius 3 is 2.71 bits per heavy atom. The smallest absolute Gasteiger partial charge is 0.535 e. The molecule has 14 heavy (non-hydrogen) atoms. The molecular formula is C7H9N2NaO2S2. The van der Waals surface area contributed by atoms with Crippen molar-refractivity contribution in [3.05, 3.63) is 29.1 Å². The number of nitrogens with zero attached hydrogens (tertiary/aromatic N) is 2. The molecular weight excluding hydrogens is 231 g/mol. The molecule has 72 valence electrons. The van der Waals surface area contributed by atoms with Crippen molar-refractivity contribution in [2.24, 2.45) is 0 Å². The molecule has 0 radical (unpaired) electrons. The van der Waals surface area contributed by atoms with Gasteiger partial charge in [-0.1, -0.05) is 11.9 Å². The Morgan fingerprint density at radius 1 is 1.50 bits per heavy atom. The Kier molecular flexibility index (Phi) is 7.01. The SMILES string of the molecule is CSC[N-]S(=O)(=O)c1ccccn1.[Na+]. The zero-order valence-corrected chi connectivity index (χ0v) is 11.7. The Bertz CT molecular complexity index is 355. The molecule has 0 N–H and O–H groups in total. The van der Waals surface area contributed by atoms with Crippen molar-refractivity contribution in [3.8, 4) is 0 Å². The maximum atomic E-state index is 11.3. The van der Waals surface area contributed by atoms with Gasteiger partial charge in [-0.25, -0.2) is 13.4 Å². The minimum Gasteiger partial charge on any atom is -0.535 e. The number of thioether (sulfide) groups is 1. The maximum Gasteiger partial charge on any atom is 1.00 e. The minimum atomic E-state index is -3.53. The molecule has 1 heterocycles. The number of hydrogen-bond donors (Lipinski definition) is 0. The Labute approximate surface area is 110 Å². The van der Waals surface area contributed by atoms with Crippen LogP contribution in [-0.2, 0) is 10.0 Å². The van der Waals surface area contributed by atoms with Gasteiger partial charge in [-0.3, -0.25) is 0 Å². The first-order chi connectivity index (χ1) is 6.17. The standard InChI is InChI=1S/C7H9N2O2S2.Na/c1-12-6-9-13(10,11)7-4-2-3-5-8-7;/h2-5H,6H2,1H3;/q-1;+1. The molecule has 0 aliphatic carbocycles. The monoisotopic (exact) mass is 240 g/mol. The molecule has 0 aliphatic rings. The quantitative estimate of drug-likeness (QED) is 0.599. The van der Waals surface area contributed by atoms with Crippen molar-refractivity contribution in [3.63, 3.8) is 0 Å². The topological polar surface area (TPSA) is 61.1 Å². The van der Waals surface area contributed by atoms with E-state index in [2.05, 4.69) is 9.71 Å². The molecule has 0 amide bonds. The van der Waals surface area contributed by atoms with E-state index >= 15 is 0 Å². The van der Waals surface area contributed by atoms with E-state index in [1.807, 2.05) is 0 Å². The van der Waals surface area contributed by atoms with Crippen LogP contribution in [-0.4, -0.2) is 25.5 Å². The van der Waals surface area contributed by atoms with E-state index in [9.17, 15) is 8.42 Å². The summed E-state index contributed by atoms with van der Waals surface area (Å²) in [5, 5.41) is 0.00375. The van der Waals surface area contributed by atoms with Crippen molar-refractivity contribution < 1.29 is 38.0 Å². The van der Waals surface area contributed by atoms with Crippen LogP contribution in [0.15, 0.2) is 29.4 Å². The van der Waals surface area contributed by atoms with Gasteiger partial charge in [-0.2, -0.15) is 11.8 Å². The number of pyridine rings is 1. The normalized spacial score (nSPS) is 10.6. The summed E-state index contributed by atoms with van der Waals surface area (Å²) in [5.41, 5.74) is 0. The van der Waals surface area contributed by atoms with Gasteiger partial charge in [0.15, 0.2) is 0 Å². The van der Waals surface area contributed by atoms with Crippen LogP contribution in [0.5, 0.6) is 0 Å². The zero-order valence-electron chi connectivity index (χ0n) is 8.04. The number of sulfonamides is 1. The van der Waals surface area contributed by atoms with Gasteiger partial charge in [0, 0.05) is 6.20 Å². The first-order valence-corrected chi connectivity index (χ1v) is 6.34. The van der Waals surface area contributed by atoms with Gasteiger partial charge in [0.2, 0.25) is 0 Å². The fourth-order valence-electron chi connectivity index (χ4n) is 0.688. The largest absolute Gasteiger partial charge is 1.00 e. The van der Waals surface area contributed by atoms with Crippen LogP contribution >= 0.6 is 11.8 Å². The van der Waals surface area contributed by atoms with E-state index in [4.69, 9.17) is 0 Å². The molecule has 0 spiro atoms. The maximum absolute atomic E-state index is 11.3. The van der Waals surface area contributed by atoms with Gasteiger partial charge in [-0.15, -0.1) is 0 Å². The van der Waals surface area contributed by atoms with Crippen LogP contribution in [0.3, 0.4) is 0 Å². The third kappa shape index (κ3) is 4.29.